The van der Waals surface area contributed by atoms with Gasteiger partial charge in [-0.05, 0) is 55.8 Å². The fraction of sp³-hybridized carbons (Fsp3) is 0.333. The minimum atomic E-state index is 0.561. The number of pyridine rings is 1. The molecule has 1 aromatic carbocycles. The third kappa shape index (κ3) is 2.96. The first kappa shape index (κ1) is 16.7. The second kappa shape index (κ2) is 6.66. The predicted octanol–water partition coefficient (Wildman–Crippen LogP) is 2.70. The molecular weight excluding hydrogens is 364 g/mol. The largest absolute Gasteiger partial charge is 0.369 e. The van der Waals surface area contributed by atoms with Crippen LogP contribution in [-0.4, -0.2) is 61.7 Å². The van der Waals surface area contributed by atoms with Crippen LogP contribution in [0.2, 0.25) is 0 Å². The molecule has 0 saturated carbocycles. The zero-order valence-electron chi connectivity index (χ0n) is 16.1. The van der Waals surface area contributed by atoms with Gasteiger partial charge in [-0.15, -0.1) is 10.2 Å². The highest BCUT2D eigenvalue weighted by Crippen LogP contribution is 2.27. The van der Waals surface area contributed by atoms with Gasteiger partial charge in [0.15, 0.2) is 11.3 Å². The molecule has 8 nitrogen and oxygen atoms in total. The van der Waals surface area contributed by atoms with Gasteiger partial charge in [-0.1, -0.05) is 0 Å². The Hall–Kier alpha value is -3.26. The van der Waals surface area contributed by atoms with Crippen LogP contribution >= 0.6 is 0 Å². The molecule has 1 unspecified atom stereocenters. The molecule has 0 bridgehead atoms. The monoisotopic (exact) mass is 386 g/mol. The van der Waals surface area contributed by atoms with E-state index >= 15 is 0 Å². The number of nitrogens with zero attached hydrogens (tertiary/aromatic N) is 7. The van der Waals surface area contributed by atoms with E-state index in [1.54, 1.807) is 6.33 Å². The molecule has 0 radical (unpaired) electrons. The molecule has 0 aliphatic carbocycles. The molecule has 4 aromatic rings. The fourth-order valence-electron chi connectivity index (χ4n) is 4.55. The summed E-state index contributed by atoms with van der Waals surface area (Å²) in [4.78, 5) is 14.3. The van der Waals surface area contributed by atoms with Crippen molar-refractivity contribution in [2.75, 3.05) is 36.4 Å². The maximum atomic E-state index is 4.66. The fourth-order valence-corrected chi connectivity index (χ4v) is 4.55. The van der Waals surface area contributed by atoms with Gasteiger partial charge in [-0.25, -0.2) is 4.98 Å². The number of benzene rings is 1. The second-order valence-corrected chi connectivity index (χ2v) is 7.81. The van der Waals surface area contributed by atoms with Crippen LogP contribution in [0.15, 0.2) is 48.9 Å². The maximum absolute atomic E-state index is 4.66. The van der Waals surface area contributed by atoms with Crippen LogP contribution in [0.4, 0.5) is 17.3 Å². The van der Waals surface area contributed by atoms with E-state index in [2.05, 4.69) is 59.5 Å². The van der Waals surface area contributed by atoms with Crippen LogP contribution in [0.3, 0.4) is 0 Å². The molecule has 2 aliphatic heterocycles. The molecule has 3 aromatic heterocycles. The molecule has 5 heterocycles. The van der Waals surface area contributed by atoms with Crippen molar-refractivity contribution in [2.45, 2.75) is 18.9 Å². The Kier molecular flexibility index (Phi) is 3.83. The van der Waals surface area contributed by atoms with Crippen molar-refractivity contribution in [3.63, 3.8) is 0 Å². The zero-order chi connectivity index (χ0) is 19.2. The smallest absolute Gasteiger partial charge is 0.229 e. The van der Waals surface area contributed by atoms with Crippen molar-refractivity contribution < 1.29 is 0 Å². The quantitative estimate of drug-likeness (QED) is 0.580. The summed E-state index contributed by atoms with van der Waals surface area (Å²) in [5.41, 5.74) is 3.82. The molecular formula is C21H22N8. The van der Waals surface area contributed by atoms with E-state index in [1.807, 2.05) is 22.7 Å². The Labute approximate surface area is 168 Å². The van der Waals surface area contributed by atoms with Crippen molar-refractivity contribution in [3.05, 3.63) is 48.9 Å². The lowest BCUT2D eigenvalue weighted by Crippen LogP contribution is -2.50. The Morgan fingerprint density at radius 3 is 2.86 bits per heavy atom. The van der Waals surface area contributed by atoms with Crippen LogP contribution in [0.25, 0.3) is 16.7 Å². The summed E-state index contributed by atoms with van der Waals surface area (Å²) in [6, 6.07) is 13.2. The summed E-state index contributed by atoms with van der Waals surface area (Å²) in [7, 11) is 0. The number of hydrogen-bond acceptors (Lipinski definition) is 7. The van der Waals surface area contributed by atoms with Crippen LogP contribution in [0.5, 0.6) is 0 Å². The van der Waals surface area contributed by atoms with Crippen LogP contribution in [0.1, 0.15) is 12.8 Å². The van der Waals surface area contributed by atoms with Crippen molar-refractivity contribution in [1.82, 2.24) is 29.5 Å². The second-order valence-electron chi connectivity index (χ2n) is 7.81. The van der Waals surface area contributed by atoms with Gasteiger partial charge in [0.1, 0.15) is 6.33 Å². The molecule has 8 heteroatoms. The van der Waals surface area contributed by atoms with Crippen LogP contribution in [-0.2, 0) is 0 Å². The predicted molar refractivity (Wildman–Crippen MR) is 113 cm³/mol. The van der Waals surface area contributed by atoms with E-state index in [-0.39, 0.29) is 0 Å². The summed E-state index contributed by atoms with van der Waals surface area (Å²) >= 11 is 0. The third-order valence-electron chi connectivity index (χ3n) is 6.09. The first-order chi connectivity index (χ1) is 14.3. The van der Waals surface area contributed by atoms with Gasteiger partial charge < -0.3 is 10.2 Å². The molecule has 2 fully saturated rings. The van der Waals surface area contributed by atoms with Gasteiger partial charge in [-0.2, -0.15) is 4.98 Å². The average Bonchev–Trinajstić information content (AvgIpc) is 3.43. The molecule has 1 N–H and O–H groups in total. The Balaban J connectivity index is 1.22. The highest BCUT2D eigenvalue weighted by Gasteiger charge is 2.30. The lowest BCUT2D eigenvalue weighted by Gasteiger charge is -2.38. The number of aromatic nitrogens is 5. The molecule has 0 spiro atoms. The van der Waals surface area contributed by atoms with Crippen molar-refractivity contribution in [1.29, 1.82) is 0 Å². The number of anilines is 3. The van der Waals surface area contributed by atoms with Gasteiger partial charge in [0.05, 0.1) is 0 Å². The summed E-state index contributed by atoms with van der Waals surface area (Å²) in [6.45, 7) is 4.68. The standard InChI is InChI=1S/C21H22N8/c1-2-18-13-28(11-10-27(18)9-1)17-6-4-16(5-7-17)24-21-22-12-15-3-8-19-26-23-14-29(19)20(15)25-21/h3-8,12,14,18H,1-2,9-11,13H2,(H,22,24,25). The molecule has 0 amide bonds. The highest BCUT2D eigenvalue weighted by molar-refractivity contribution is 5.78. The molecule has 2 saturated heterocycles. The summed E-state index contributed by atoms with van der Waals surface area (Å²) < 4.78 is 1.87. The van der Waals surface area contributed by atoms with Gasteiger partial charge >= 0.3 is 0 Å². The van der Waals surface area contributed by atoms with Gasteiger partial charge in [0, 0.05) is 48.6 Å². The SMILES string of the molecule is c1cc(N2CCN3CCCC3C2)ccc1Nc1ncc2ccc3nncn3c2n1. The van der Waals surface area contributed by atoms with E-state index in [4.69, 9.17) is 0 Å². The van der Waals surface area contributed by atoms with Crippen LogP contribution < -0.4 is 10.2 Å². The molecule has 146 valence electrons. The van der Waals surface area contributed by atoms with Crippen LogP contribution in [0, 0.1) is 0 Å². The minimum Gasteiger partial charge on any atom is -0.369 e. The summed E-state index contributed by atoms with van der Waals surface area (Å²) in [5, 5.41) is 12.3. The van der Waals surface area contributed by atoms with Crippen molar-refractivity contribution >= 4 is 34.0 Å². The Morgan fingerprint density at radius 1 is 1.00 bits per heavy atom. The number of rotatable bonds is 3. The van der Waals surface area contributed by atoms with Crippen molar-refractivity contribution in [3.8, 4) is 0 Å². The van der Waals surface area contributed by atoms with E-state index in [9.17, 15) is 0 Å². The van der Waals surface area contributed by atoms with Crippen molar-refractivity contribution in [2.24, 2.45) is 0 Å². The zero-order valence-corrected chi connectivity index (χ0v) is 16.1. The minimum absolute atomic E-state index is 0.561. The number of nitrogens with one attached hydrogen (secondary N) is 1. The van der Waals surface area contributed by atoms with Gasteiger partial charge in [0.25, 0.3) is 0 Å². The third-order valence-corrected chi connectivity index (χ3v) is 6.09. The summed E-state index contributed by atoms with van der Waals surface area (Å²) in [6.07, 6.45) is 6.16. The first-order valence-corrected chi connectivity index (χ1v) is 10.2. The van der Waals surface area contributed by atoms with E-state index < -0.39 is 0 Å². The van der Waals surface area contributed by atoms with E-state index in [0.29, 0.717) is 5.95 Å². The first-order valence-electron chi connectivity index (χ1n) is 10.2. The molecule has 2 aliphatic rings. The van der Waals surface area contributed by atoms with Gasteiger partial charge in [-0.3, -0.25) is 9.30 Å². The normalized spacial score (nSPS) is 19.7. The highest BCUT2D eigenvalue weighted by atomic mass is 15.3. The van der Waals surface area contributed by atoms with Gasteiger partial charge in [0.2, 0.25) is 5.95 Å². The summed E-state index contributed by atoms with van der Waals surface area (Å²) in [5.74, 6) is 0.561. The number of hydrogen-bond donors (Lipinski definition) is 1. The molecule has 6 rings (SSSR count). The average molecular weight is 386 g/mol. The molecule has 1 atom stereocenters. The lowest BCUT2D eigenvalue weighted by atomic mass is 10.1. The lowest BCUT2D eigenvalue weighted by molar-refractivity contribution is 0.231. The van der Waals surface area contributed by atoms with E-state index in [1.165, 1.54) is 31.6 Å². The number of fused-ring (bicyclic) bond motifs is 4. The Bertz CT molecular complexity index is 1170. The Morgan fingerprint density at radius 2 is 1.93 bits per heavy atom. The number of piperazine rings is 1. The van der Waals surface area contributed by atoms with E-state index in [0.717, 1.165) is 41.5 Å². The molecule has 29 heavy (non-hydrogen) atoms. The topological polar surface area (TPSA) is 74.5 Å². The maximum Gasteiger partial charge on any atom is 0.229 e.